The number of phenolic OH excluding ortho intramolecular Hbond substituents is 1. The summed E-state index contributed by atoms with van der Waals surface area (Å²) in [5, 5.41) is 12.9. The Balaban J connectivity index is 1.83. The van der Waals surface area contributed by atoms with E-state index in [9.17, 15) is 14.7 Å². The molecule has 166 valence electrons. The third-order valence-electron chi connectivity index (χ3n) is 5.88. The monoisotopic (exact) mass is 423 g/mol. The number of aromatic hydroxyl groups is 1. The molecule has 2 amide bonds. The van der Waals surface area contributed by atoms with Gasteiger partial charge in [0, 0.05) is 37.3 Å². The van der Waals surface area contributed by atoms with Crippen molar-refractivity contribution >= 4 is 11.8 Å². The molecule has 31 heavy (non-hydrogen) atoms. The average Bonchev–Trinajstić information content (AvgIpc) is 2.75. The molecular weight excluding hydrogens is 390 g/mol. The molecule has 6 nitrogen and oxygen atoms in total. The molecule has 0 fully saturated rings. The Morgan fingerprint density at radius 2 is 1.77 bits per heavy atom. The molecule has 2 aromatic carbocycles. The number of carbonyl (C=O) groups is 2. The molecule has 1 aliphatic heterocycles. The van der Waals surface area contributed by atoms with Crippen LogP contribution < -0.4 is 5.32 Å². The highest BCUT2D eigenvalue weighted by Gasteiger charge is 2.36. The Labute approximate surface area is 184 Å². The van der Waals surface area contributed by atoms with Gasteiger partial charge >= 0.3 is 0 Å². The fraction of sp³-hybridized carbons (Fsp3) is 0.440. The van der Waals surface area contributed by atoms with E-state index >= 15 is 0 Å². The van der Waals surface area contributed by atoms with E-state index in [1.54, 1.807) is 35.2 Å². The third kappa shape index (κ3) is 5.25. The van der Waals surface area contributed by atoms with Crippen molar-refractivity contribution < 1.29 is 14.7 Å². The number of carbonyl (C=O) groups excluding carboxylic acids is 2. The van der Waals surface area contributed by atoms with E-state index in [0.717, 1.165) is 17.7 Å². The molecule has 0 saturated carbocycles. The minimum Gasteiger partial charge on any atom is -0.508 e. The lowest BCUT2D eigenvalue weighted by atomic mass is 9.91. The quantitative estimate of drug-likeness (QED) is 0.716. The molecule has 0 radical (unpaired) electrons. The molecule has 6 heteroatoms. The minimum atomic E-state index is -0.719. The summed E-state index contributed by atoms with van der Waals surface area (Å²) in [6.45, 7) is 10.2. The van der Waals surface area contributed by atoms with E-state index in [2.05, 4.69) is 37.9 Å². The van der Waals surface area contributed by atoms with Gasteiger partial charge in [-0.25, -0.2) is 0 Å². The van der Waals surface area contributed by atoms with Crippen molar-refractivity contribution in [1.29, 1.82) is 0 Å². The van der Waals surface area contributed by atoms with Crippen LogP contribution in [0.25, 0.3) is 0 Å². The number of benzene rings is 2. The maximum absolute atomic E-state index is 13.3. The van der Waals surface area contributed by atoms with Gasteiger partial charge in [0.2, 0.25) is 5.91 Å². The molecule has 2 aromatic rings. The van der Waals surface area contributed by atoms with Crippen LogP contribution >= 0.6 is 0 Å². The predicted molar refractivity (Wildman–Crippen MR) is 122 cm³/mol. The summed E-state index contributed by atoms with van der Waals surface area (Å²) in [6, 6.07) is 14.1. The average molecular weight is 424 g/mol. The van der Waals surface area contributed by atoms with Crippen LogP contribution in [0, 0.1) is 0 Å². The number of hydrogen-bond donors (Lipinski definition) is 2. The first-order valence-corrected chi connectivity index (χ1v) is 11.0. The van der Waals surface area contributed by atoms with Gasteiger partial charge in [0.15, 0.2) is 0 Å². The smallest absolute Gasteiger partial charge is 0.254 e. The molecule has 1 heterocycles. The summed E-state index contributed by atoms with van der Waals surface area (Å²) in [7, 11) is 0. The van der Waals surface area contributed by atoms with Crippen LogP contribution in [0.1, 0.15) is 55.2 Å². The molecule has 0 spiro atoms. The van der Waals surface area contributed by atoms with E-state index < -0.39 is 6.04 Å². The molecule has 0 bridgehead atoms. The maximum atomic E-state index is 13.3. The van der Waals surface area contributed by atoms with Gasteiger partial charge in [-0.2, -0.15) is 0 Å². The van der Waals surface area contributed by atoms with Gasteiger partial charge in [-0.15, -0.1) is 0 Å². The van der Waals surface area contributed by atoms with Crippen molar-refractivity contribution in [2.24, 2.45) is 0 Å². The zero-order valence-corrected chi connectivity index (χ0v) is 18.8. The van der Waals surface area contributed by atoms with Gasteiger partial charge in [-0.1, -0.05) is 24.3 Å². The number of phenols is 1. The van der Waals surface area contributed by atoms with Crippen LogP contribution in [0.4, 0.5) is 0 Å². The number of rotatable bonds is 7. The molecule has 2 N–H and O–H groups in total. The van der Waals surface area contributed by atoms with E-state index in [0.29, 0.717) is 37.2 Å². The van der Waals surface area contributed by atoms with Gasteiger partial charge in [-0.3, -0.25) is 14.5 Å². The Kier molecular flexibility index (Phi) is 7.33. The molecule has 1 atom stereocenters. The number of hydrogen-bond acceptors (Lipinski definition) is 4. The first kappa shape index (κ1) is 22.8. The molecule has 1 unspecified atom stereocenters. The van der Waals surface area contributed by atoms with Crippen molar-refractivity contribution in [3.05, 3.63) is 65.2 Å². The topological polar surface area (TPSA) is 72.9 Å². The summed E-state index contributed by atoms with van der Waals surface area (Å²) >= 11 is 0. The van der Waals surface area contributed by atoms with Crippen molar-refractivity contribution in [2.45, 2.75) is 52.2 Å². The Morgan fingerprint density at radius 3 is 2.42 bits per heavy atom. The molecular formula is C25H33N3O3. The molecule has 1 aliphatic rings. The second-order valence-corrected chi connectivity index (χ2v) is 8.62. The fourth-order valence-corrected chi connectivity index (χ4v) is 4.38. The second-order valence-electron chi connectivity index (χ2n) is 8.62. The minimum absolute atomic E-state index is 0.162. The lowest BCUT2D eigenvalue weighted by molar-refractivity contribution is -0.126. The summed E-state index contributed by atoms with van der Waals surface area (Å²) in [5.74, 6) is -0.181. The second kappa shape index (κ2) is 9.96. The first-order chi connectivity index (χ1) is 14.8. The van der Waals surface area contributed by atoms with E-state index in [1.165, 1.54) is 0 Å². The Bertz CT molecular complexity index is 903. The van der Waals surface area contributed by atoms with Crippen LogP contribution in [-0.4, -0.2) is 58.4 Å². The highest BCUT2D eigenvalue weighted by Crippen LogP contribution is 2.33. The van der Waals surface area contributed by atoms with E-state index in [-0.39, 0.29) is 17.6 Å². The first-order valence-electron chi connectivity index (χ1n) is 11.0. The SMILES string of the molecule is CC(C)N(CCNC(=O)C1c2ccc(O)cc2CCN1C(=O)c1ccccc1)C(C)C. The van der Waals surface area contributed by atoms with Gasteiger partial charge in [0.1, 0.15) is 11.8 Å². The van der Waals surface area contributed by atoms with Crippen LogP contribution in [0.5, 0.6) is 5.75 Å². The standard InChI is InChI=1S/C25H33N3O3/c1-17(2)27(18(3)4)15-13-26-24(30)23-22-11-10-21(29)16-20(22)12-14-28(23)25(31)19-8-6-5-7-9-19/h5-11,16-18,23,29H,12-15H2,1-4H3,(H,26,30). The van der Waals surface area contributed by atoms with Crippen molar-refractivity contribution in [1.82, 2.24) is 15.1 Å². The van der Waals surface area contributed by atoms with Gasteiger partial charge in [0.05, 0.1) is 0 Å². The van der Waals surface area contributed by atoms with Crippen LogP contribution in [0.2, 0.25) is 0 Å². The highest BCUT2D eigenvalue weighted by molar-refractivity contribution is 5.98. The number of nitrogens with zero attached hydrogens (tertiary/aromatic N) is 2. The van der Waals surface area contributed by atoms with Crippen molar-refractivity contribution in [3.8, 4) is 5.75 Å². The highest BCUT2D eigenvalue weighted by atomic mass is 16.3. The fourth-order valence-electron chi connectivity index (χ4n) is 4.38. The van der Waals surface area contributed by atoms with E-state index in [1.807, 2.05) is 18.2 Å². The van der Waals surface area contributed by atoms with Gasteiger partial charge in [-0.05, 0) is 69.5 Å². The maximum Gasteiger partial charge on any atom is 0.254 e. The summed E-state index contributed by atoms with van der Waals surface area (Å²) in [5.41, 5.74) is 2.24. The number of amides is 2. The van der Waals surface area contributed by atoms with Crippen LogP contribution in [-0.2, 0) is 11.2 Å². The summed E-state index contributed by atoms with van der Waals surface area (Å²) in [6.07, 6.45) is 0.598. The molecule has 0 aliphatic carbocycles. The lowest BCUT2D eigenvalue weighted by Crippen LogP contribution is -2.49. The largest absolute Gasteiger partial charge is 0.508 e. The third-order valence-corrected chi connectivity index (χ3v) is 5.88. The van der Waals surface area contributed by atoms with Gasteiger partial charge in [0.25, 0.3) is 5.91 Å². The van der Waals surface area contributed by atoms with Crippen LogP contribution in [0.15, 0.2) is 48.5 Å². The van der Waals surface area contributed by atoms with Gasteiger partial charge < -0.3 is 15.3 Å². The summed E-state index contributed by atoms with van der Waals surface area (Å²) in [4.78, 5) is 30.5. The number of nitrogens with one attached hydrogen (secondary N) is 1. The van der Waals surface area contributed by atoms with Crippen molar-refractivity contribution in [3.63, 3.8) is 0 Å². The van der Waals surface area contributed by atoms with E-state index in [4.69, 9.17) is 0 Å². The molecule has 0 saturated heterocycles. The summed E-state index contributed by atoms with van der Waals surface area (Å²) < 4.78 is 0. The number of fused-ring (bicyclic) bond motifs is 1. The predicted octanol–water partition coefficient (Wildman–Crippen LogP) is 3.37. The zero-order chi connectivity index (χ0) is 22.5. The van der Waals surface area contributed by atoms with Crippen molar-refractivity contribution in [2.75, 3.05) is 19.6 Å². The lowest BCUT2D eigenvalue weighted by Gasteiger charge is -2.37. The Hall–Kier alpha value is -2.86. The Morgan fingerprint density at radius 1 is 1.10 bits per heavy atom. The molecule has 3 rings (SSSR count). The molecule has 0 aromatic heterocycles. The van der Waals surface area contributed by atoms with Crippen LogP contribution in [0.3, 0.4) is 0 Å². The normalized spacial score (nSPS) is 16.0. The zero-order valence-electron chi connectivity index (χ0n) is 18.8.